The van der Waals surface area contributed by atoms with Crippen molar-refractivity contribution in [2.24, 2.45) is 0 Å². The molecule has 0 radical (unpaired) electrons. The summed E-state index contributed by atoms with van der Waals surface area (Å²) >= 11 is 6.01. The molecule has 1 heterocycles. The van der Waals surface area contributed by atoms with Gasteiger partial charge in [-0.15, -0.1) is 0 Å². The number of carbonyl (C=O) groups excluding carboxylic acids is 1. The smallest absolute Gasteiger partial charge is 0.170 e. The molecule has 0 N–H and O–H groups in total. The van der Waals surface area contributed by atoms with Crippen LogP contribution in [0.4, 0.5) is 0 Å². The van der Waals surface area contributed by atoms with Gasteiger partial charge in [-0.2, -0.15) is 5.10 Å². The van der Waals surface area contributed by atoms with Gasteiger partial charge in [-0.3, -0.25) is 4.79 Å². The lowest BCUT2D eigenvalue weighted by molar-refractivity contribution is 0.111. The topological polar surface area (TPSA) is 34.9 Å². The predicted molar refractivity (Wildman–Crippen MR) is 58.7 cm³/mol. The Morgan fingerprint density at radius 2 is 2.13 bits per heavy atom. The maximum Gasteiger partial charge on any atom is 0.170 e. The second-order valence-electron chi connectivity index (χ2n) is 3.21. The molecule has 2 aromatic rings. The van der Waals surface area contributed by atoms with Crippen molar-refractivity contribution in [1.29, 1.82) is 0 Å². The van der Waals surface area contributed by atoms with Crippen LogP contribution >= 0.6 is 11.6 Å². The molecule has 1 aromatic carbocycles. The molecule has 0 aliphatic heterocycles. The fraction of sp³-hybridized carbons (Fsp3) is 0.0909. The number of aromatic nitrogens is 2. The van der Waals surface area contributed by atoms with E-state index >= 15 is 0 Å². The molecular formula is C11H9ClN2O. The van der Waals surface area contributed by atoms with Crippen molar-refractivity contribution in [3.8, 4) is 5.69 Å². The van der Waals surface area contributed by atoms with Gasteiger partial charge in [0.2, 0.25) is 0 Å². The van der Waals surface area contributed by atoms with Crippen molar-refractivity contribution < 1.29 is 4.79 Å². The Bertz CT molecular complexity index is 505. The lowest BCUT2D eigenvalue weighted by atomic mass is 10.3. The Balaban J connectivity index is 2.55. The standard InChI is InChI=1S/C11H9ClN2O/c1-8-6-14(13-10(8)7-15)11-5-3-2-4-9(11)12/h2-7H,1H3. The molecule has 4 heteroatoms. The second-order valence-corrected chi connectivity index (χ2v) is 3.62. The third kappa shape index (κ3) is 1.78. The predicted octanol–water partition coefficient (Wildman–Crippen LogP) is 2.65. The van der Waals surface area contributed by atoms with Crippen LogP contribution in [0.3, 0.4) is 0 Å². The Morgan fingerprint density at radius 3 is 2.73 bits per heavy atom. The number of nitrogens with zero attached hydrogens (tertiary/aromatic N) is 2. The molecule has 0 bridgehead atoms. The molecule has 0 atom stereocenters. The minimum atomic E-state index is 0.440. The van der Waals surface area contributed by atoms with Gasteiger partial charge in [0.15, 0.2) is 6.29 Å². The average Bonchev–Trinajstić information content (AvgIpc) is 2.60. The van der Waals surface area contributed by atoms with E-state index < -0.39 is 0 Å². The fourth-order valence-electron chi connectivity index (χ4n) is 1.35. The number of halogens is 1. The number of para-hydroxylation sites is 1. The summed E-state index contributed by atoms with van der Waals surface area (Å²) in [7, 11) is 0. The minimum Gasteiger partial charge on any atom is -0.296 e. The van der Waals surface area contributed by atoms with E-state index in [1.54, 1.807) is 16.9 Å². The number of carbonyl (C=O) groups is 1. The van der Waals surface area contributed by atoms with Gasteiger partial charge in [0, 0.05) is 6.20 Å². The summed E-state index contributed by atoms with van der Waals surface area (Å²) in [5.74, 6) is 0. The first-order chi connectivity index (χ1) is 7.22. The molecule has 0 fully saturated rings. The van der Waals surface area contributed by atoms with E-state index in [4.69, 9.17) is 11.6 Å². The lowest BCUT2D eigenvalue weighted by Gasteiger charge is -2.02. The maximum absolute atomic E-state index is 10.6. The molecule has 2 rings (SSSR count). The highest BCUT2D eigenvalue weighted by Gasteiger charge is 2.07. The minimum absolute atomic E-state index is 0.440. The fourth-order valence-corrected chi connectivity index (χ4v) is 1.57. The van der Waals surface area contributed by atoms with Crippen LogP contribution in [0.25, 0.3) is 5.69 Å². The largest absolute Gasteiger partial charge is 0.296 e. The summed E-state index contributed by atoms with van der Waals surface area (Å²) in [6, 6.07) is 7.36. The summed E-state index contributed by atoms with van der Waals surface area (Å²) in [6.45, 7) is 1.84. The van der Waals surface area contributed by atoms with Gasteiger partial charge in [0.05, 0.1) is 10.7 Å². The molecule has 0 spiro atoms. The van der Waals surface area contributed by atoms with Gasteiger partial charge in [0.25, 0.3) is 0 Å². The zero-order chi connectivity index (χ0) is 10.8. The lowest BCUT2D eigenvalue weighted by Crippen LogP contribution is -1.96. The Labute approximate surface area is 92.3 Å². The first kappa shape index (κ1) is 9.93. The van der Waals surface area contributed by atoms with Crippen molar-refractivity contribution >= 4 is 17.9 Å². The van der Waals surface area contributed by atoms with E-state index in [2.05, 4.69) is 5.10 Å². The number of benzene rings is 1. The Hall–Kier alpha value is -1.61. The van der Waals surface area contributed by atoms with Gasteiger partial charge in [0.1, 0.15) is 5.69 Å². The van der Waals surface area contributed by atoms with Crippen LogP contribution in [0.15, 0.2) is 30.5 Å². The SMILES string of the molecule is Cc1cn(-c2ccccc2Cl)nc1C=O. The summed E-state index contributed by atoms with van der Waals surface area (Å²) < 4.78 is 1.61. The van der Waals surface area contributed by atoms with E-state index in [-0.39, 0.29) is 0 Å². The van der Waals surface area contributed by atoms with Crippen LogP contribution in [0.1, 0.15) is 16.1 Å². The normalized spacial score (nSPS) is 10.3. The van der Waals surface area contributed by atoms with Crippen LogP contribution < -0.4 is 0 Å². The Morgan fingerprint density at radius 1 is 1.40 bits per heavy atom. The van der Waals surface area contributed by atoms with Crippen LogP contribution in [0.2, 0.25) is 5.02 Å². The van der Waals surface area contributed by atoms with Crippen molar-refractivity contribution in [2.75, 3.05) is 0 Å². The molecule has 0 aliphatic rings. The zero-order valence-corrected chi connectivity index (χ0v) is 8.90. The van der Waals surface area contributed by atoms with E-state index in [0.717, 1.165) is 17.5 Å². The summed E-state index contributed by atoms with van der Waals surface area (Å²) in [4.78, 5) is 10.6. The molecule has 0 saturated carbocycles. The zero-order valence-electron chi connectivity index (χ0n) is 8.14. The maximum atomic E-state index is 10.6. The van der Waals surface area contributed by atoms with Gasteiger partial charge in [-0.05, 0) is 24.6 Å². The third-order valence-electron chi connectivity index (χ3n) is 2.15. The van der Waals surface area contributed by atoms with Gasteiger partial charge in [-0.1, -0.05) is 23.7 Å². The molecule has 0 saturated heterocycles. The first-order valence-electron chi connectivity index (χ1n) is 4.48. The summed E-state index contributed by atoms with van der Waals surface area (Å²) in [6.07, 6.45) is 2.52. The van der Waals surface area contributed by atoms with E-state index in [1.165, 1.54) is 0 Å². The highest BCUT2D eigenvalue weighted by molar-refractivity contribution is 6.32. The van der Waals surface area contributed by atoms with Gasteiger partial charge in [-0.25, -0.2) is 4.68 Å². The van der Waals surface area contributed by atoms with Crippen LogP contribution in [0.5, 0.6) is 0 Å². The molecule has 1 aromatic heterocycles. The van der Waals surface area contributed by atoms with Crippen LogP contribution in [0, 0.1) is 6.92 Å². The van der Waals surface area contributed by atoms with E-state index in [1.807, 2.05) is 25.1 Å². The van der Waals surface area contributed by atoms with Crippen molar-refractivity contribution in [2.45, 2.75) is 6.92 Å². The molecule has 0 unspecified atom stereocenters. The molecule has 0 aliphatic carbocycles. The summed E-state index contributed by atoms with van der Waals surface area (Å²) in [5, 5.41) is 4.73. The van der Waals surface area contributed by atoms with E-state index in [9.17, 15) is 4.79 Å². The third-order valence-corrected chi connectivity index (χ3v) is 2.47. The molecular weight excluding hydrogens is 212 g/mol. The van der Waals surface area contributed by atoms with Gasteiger partial charge < -0.3 is 0 Å². The highest BCUT2D eigenvalue weighted by atomic mass is 35.5. The first-order valence-corrected chi connectivity index (χ1v) is 4.86. The number of aryl methyl sites for hydroxylation is 1. The highest BCUT2D eigenvalue weighted by Crippen LogP contribution is 2.19. The quantitative estimate of drug-likeness (QED) is 0.730. The Kier molecular flexibility index (Phi) is 2.56. The average molecular weight is 221 g/mol. The number of hydrogen-bond donors (Lipinski definition) is 0. The molecule has 15 heavy (non-hydrogen) atoms. The van der Waals surface area contributed by atoms with Gasteiger partial charge >= 0.3 is 0 Å². The monoisotopic (exact) mass is 220 g/mol. The van der Waals surface area contributed by atoms with E-state index in [0.29, 0.717) is 10.7 Å². The molecule has 3 nitrogen and oxygen atoms in total. The van der Waals surface area contributed by atoms with Crippen LogP contribution in [-0.2, 0) is 0 Å². The molecule has 0 amide bonds. The second kappa shape index (κ2) is 3.87. The van der Waals surface area contributed by atoms with Crippen molar-refractivity contribution in [1.82, 2.24) is 9.78 Å². The number of aldehydes is 1. The number of rotatable bonds is 2. The van der Waals surface area contributed by atoms with Crippen LogP contribution in [-0.4, -0.2) is 16.1 Å². The van der Waals surface area contributed by atoms with Crippen molar-refractivity contribution in [3.63, 3.8) is 0 Å². The summed E-state index contributed by atoms with van der Waals surface area (Å²) in [5.41, 5.74) is 2.05. The molecule has 76 valence electrons. The number of hydrogen-bond acceptors (Lipinski definition) is 2. The van der Waals surface area contributed by atoms with Crippen molar-refractivity contribution in [3.05, 3.63) is 46.7 Å².